The second-order valence-corrected chi connectivity index (χ2v) is 4.35. The molecule has 0 aliphatic carbocycles. The van der Waals surface area contributed by atoms with Crippen LogP contribution in [0, 0.1) is 10.1 Å². The Kier molecular flexibility index (Phi) is 3.23. The van der Waals surface area contributed by atoms with Gasteiger partial charge in [-0.15, -0.1) is 0 Å². The average Bonchev–Trinajstić information content (AvgIpc) is 2.63. The molecular formula is C12H11N3O5. The lowest BCUT2D eigenvalue weighted by Crippen LogP contribution is -2.41. The third-order valence-electron chi connectivity index (χ3n) is 3.06. The summed E-state index contributed by atoms with van der Waals surface area (Å²) in [4.78, 5) is 47.6. The Hall–Kier alpha value is -2.77. The van der Waals surface area contributed by atoms with Crippen molar-refractivity contribution in [3.63, 3.8) is 0 Å². The first-order chi connectivity index (χ1) is 9.34. The lowest BCUT2D eigenvalue weighted by atomic mass is 10.1. The van der Waals surface area contributed by atoms with Gasteiger partial charge in [0.25, 0.3) is 17.5 Å². The highest BCUT2D eigenvalue weighted by Gasteiger charge is 2.41. The summed E-state index contributed by atoms with van der Waals surface area (Å²) in [7, 11) is 1.43. The van der Waals surface area contributed by atoms with E-state index < -0.39 is 22.4 Å². The largest absolute Gasteiger partial charge is 0.328 e. The van der Waals surface area contributed by atoms with Gasteiger partial charge in [-0.05, 0) is 6.07 Å². The summed E-state index contributed by atoms with van der Waals surface area (Å²) in [5.41, 5.74) is -0.644. The van der Waals surface area contributed by atoms with Crippen LogP contribution in [-0.4, -0.2) is 46.2 Å². The maximum Gasteiger partial charge on any atom is 0.282 e. The average molecular weight is 277 g/mol. The molecule has 0 radical (unpaired) electrons. The van der Waals surface area contributed by atoms with Gasteiger partial charge < -0.3 is 4.90 Å². The predicted molar refractivity (Wildman–Crippen MR) is 66.9 cm³/mol. The summed E-state index contributed by atoms with van der Waals surface area (Å²) in [5.74, 6) is -1.72. The van der Waals surface area contributed by atoms with Gasteiger partial charge in [-0.3, -0.25) is 29.4 Å². The van der Waals surface area contributed by atoms with Gasteiger partial charge in [0.1, 0.15) is 12.2 Å². The number of fused-ring (bicyclic) bond motifs is 1. The van der Waals surface area contributed by atoms with Crippen molar-refractivity contribution in [2.24, 2.45) is 0 Å². The van der Waals surface area contributed by atoms with Gasteiger partial charge >= 0.3 is 0 Å². The summed E-state index contributed by atoms with van der Waals surface area (Å²) in [6, 6.07) is 3.87. The molecule has 0 fully saturated rings. The zero-order valence-corrected chi connectivity index (χ0v) is 10.8. The number of nitro groups is 1. The van der Waals surface area contributed by atoms with E-state index in [-0.39, 0.29) is 23.7 Å². The van der Waals surface area contributed by atoms with E-state index >= 15 is 0 Å². The van der Waals surface area contributed by atoms with Gasteiger partial charge in [0.15, 0.2) is 0 Å². The third kappa shape index (κ3) is 2.00. The Bertz CT molecular complexity index is 640. The van der Waals surface area contributed by atoms with Crippen molar-refractivity contribution < 1.29 is 19.3 Å². The Morgan fingerprint density at radius 1 is 1.35 bits per heavy atom. The van der Waals surface area contributed by atoms with Crippen molar-refractivity contribution in [2.75, 3.05) is 13.7 Å². The van der Waals surface area contributed by atoms with E-state index in [2.05, 4.69) is 0 Å². The molecule has 0 spiro atoms. The number of carbonyl (C=O) groups excluding carboxylic acids is 3. The molecule has 0 atom stereocenters. The van der Waals surface area contributed by atoms with E-state index in [9.17, 15) is 24.5 Å². The maximum absolute atomic E-state index is 12.2. The lowest BCUT2D eigenvalue weighted by molar-refractivity contribution is -0.385. The van der Waals surface area contributed by atoms with E-state index in [4.69, 9.17) is 0 Å². The minimum Gasteiger partial charge on any atom is -0.328 e. The number of imide groups is 1. The van der Waals surface area contributed by atoms with Crippen LogP contribution >= 0.6 is 0 Å². The summed E-state index contributed by atoms with van der Waals surface area (Å²) in [5, 5.41) is 10.9. The third-order valence-corrected chi connectivity index (χ3v) is 3.06. The molecule has 0 aromatic heterocycles. The van der Waals surface area contributed by atoms with Gasteiger partial charge in [0.05, 0.1) is 10.5 Å². The summed E-state index contributed by atoms with van der Waals surface area (Å²) < 4.78 is 0. The fourth-order valence-corrected chi connectivity index (χ4v) is 1.91. The van der Waals surface area contributed by atoms with E-state index in [1.165, 1.54) is 37.1 Å². The summed E-state index contributed by atoms with van der Waals surface area (Å²) >= 11 is 0. The van der Waals surface area contributed by atoms with Crippen LogP contribution in [0.5, 0.6) is 0 Å². The molecule has 1 aromatic carbocycles. The van der Waals surface area contributed by atoms with Crippen molar-refractivity contribution in [1.29, 1.82) is 0 Å². The first-order valence-electron chi connectivity index (χ1n) is 5.70. The van der Waals surface area contributed by atoms with E-state index in [0.29, 0.717) is 0 Å². The molecule has 3 amide bonds. The molecule has 2 rings (SSSR count). The van der Waals surface area contributed by atoms with Gasteiger partial charge in [-0.25, -0.2) is 0 Å². The normalized spacial score (nSPS) is 13.4. The molecule has 1 aromatic rings. The zero-order chi connectivity index (χ0) is 15.0. The number of rotatable bonds is 3. The van der Waals surface area contributed by atoms with Gasteiger partial charge in [0.2, 0.25) is 5.91 Å². The monoisotopic (exact) mass is 277 g/mol. The van der Waals surface area contributed by atoms with Crippen LogP contribution in [0.3, 0.4) is 0 Å². The number of nitrogens with zero attached hydrogens (tertiary/aromatic N) is 3. The van der Waals surface area contributed by atoms with Crippen molar-refractivity contribution >= 4 is 23.4 Å². The Labute approximate surface area is 113 Å². The first kappa shape index (κ1) is 13.7. The molecule has 8 heteroatoms. The minimum absolute atomic E-state index is 0.0128. The summed E-state index contributed by atoms with van der Waals surface area (Å²) in [6.45, 7) is 1.06. The molecular weight excluding hydrogens is 266 g/mol. The minimum atomic E-state index is -0.759. The Morgan fingerprint density at radius 2 is 2.00 bits per heavy atom. The number of carbonyl (C=O) groups is 3. The van der Waals surface area contributed by atoms with E-state index in [1.807, 2.05) is 0 Å². The SMILES string of the molecule is CC(=O)N(C)CN1C(=O)c2cccc([N+](=O)[O-])c2C1=O. The van der Waals surface area contributed by atoms with Gasteiger partial charge in [0, 0.05) is 20.0 Å². The molecule has 0 bridgehead atoms. The van der Waals surface area contributed by atoms with Crippen LogP contribution in [-0.2, 0) is 4.79 Å². The second-order valence-electron chi connectivity index (χ2n) is 4.35. The standard InChI is InChI=1S/C12H11N3O5/c1-7(16)13(2)6-14-11(17)8-4-3-5-9(15(19)20)10(8)12(14)18/h3-5H,6H2,1-2H3. The molecule has 0 N–H and O–H groups in total. The number of hydrogen-bond acceptors (Lipinski definition) is 5. The van der Waals surface area contributed by atoms with Crippen LogP contribution in [0.15, 0.2) is 18.2 Å². The zero-order valence-electron chi connectivity index (χ0n) is 10.8. The fourth-order valence-electron chi connectivity index (χ4n) is 1.91. The number of hydrogen-bond donors (Lipinski definition) is 0. The van der Waals surface area contributed by atoms with E-state index in [1.54, 1.807) is 0 Å². The van der Waals surface area contributed by atoms with Crippen molar-refractivity contribution in [3.05, 3.63) is 39.4 Å². The van der Waals surface area contributed by atoms with Crippen molar-refractivity contribution in [2.45, 2.75) is 6.92 Å². The highest BCUT2D eigenvalue weighted by molar-refractivity contribution is 6.23. The smallest absolute Gasteiger partial charge is 0.282 e. The summed E-state index contributed by atoms with van der Waals surface area (Å²) in [6.07, 6.45) is 0. The quantitative estimate of drug-likeness (QED) is 0.458. The molecule has 1 heterocycles. The topological polar surface area (TPSA) is 101 Å². The highest BCUT2D eigenvalue weighted by atomic mass is 16.6. The van der Waals surface area contributed by atoms with Crippen LogP contribution < -0.4 is 0 Å². The molecule has 104 valence electrons. The number of amides is 3. The molecule has 0 saturated carbocycles. The fraction of sp³-hybridized carbons (Fsp3) is 0.250. The highest BCUT2D eigenvalue weighted by Crippen LogP contribution is 2.30. The lowest BCUT2D eigenvalue weighted by Gasteiger charge is -2.21. The number of nitro benzene ring substituents is 1. The Morgan fingerprint density at radius 3 is 2.55 bits per heavy atom. The van der Waals surface area contributed by atoms with Crippen LogP contribution in [0.25, 0.3) is 0 Å². The van der Waals surface area contributed by atoms with Gasteiger partial charge in [-0.2, -0.15) is 0 Å². The van der Waals surface area contributed by atoms with Crippen LogP contribution in [0.4, 0.5) is 5.69 Å². The van der Waals surface area contributed by atoms with Crippen molar-refractivity contribution in [3.8, 4) is 0 Å². The first-order valence-corrected chi connectivity index (χ1v) is 5.70. The Balaban J connectivity index is 2.43. The van der Waals surface area contributed by atoms with Crippen molar-refractivity contribution in [1.82, 2.24) is 9.80 Å². The molecule has 20 heavy (non-hydrogen) atoms. The molecule has 1 aliphatic heterocycles. The second kappa shape index (κ2) is 4.72. The maximum atomic E-state index is 12.2. The van der Waals surface area contributed by atoms with Crippen LogP contribution in [0.2, 0.25) is 0 Å². The van der Waals surface area contributed by atoms with Crippen LogP contribution in [0.1, 0.15) is 27.6 Å². The molecule has 0 unspecified atom stereocenters. The predicted octanol–water partition coefficient (Wildman–Crippen LogP) is 0.627. The van der Waals surface area contributed by atoms with Gasteiger partial charge in [-0.1, -0.05) is 6.07 Å². The molecule has 8 nitrogen and oxygen atoms in total. The molecule has 1 aliphatic rings. The molecule has 0 saturated heterocycles. The number of benzene rings is 1. The van der Waals surface area contributed by atoms with E-state index in [0.717, 1.165) is 4.90 Å².